The minimum absolute atomic E-state index is 0.122. The summed E-state index contributed by atoms with van der Waals surface area (Å²) in [6.45, 7) is 3.84. The lowest BCUT2D eigenvalue weighted by Crippen LogP contribution is -2.14. The Bertz CT molecular complexity index is 738. The molecule has 106 valence electrons. The van der Waals surface area contributed by atoms with Gasteiger partial charge in [0.25, 0.3) is 10.0 Å². The van der Waals surface area contributed by atoms with Crippen LogP contribution in [0, 0.1) is 13.8 Å². The van der Waals surface area contributed by atoms with Gasteiger partial charge in [-0.3, -0.25) is 4.72 Å². The summed E-state index contributed by atoms with van der Waals surface area (Å²) in [5.74, 6) is 0. The van der Waals surface area contributed by atoms with Crippen molar-refractivity contribution < 1.29 is 8.42 Å². The van der Waals surface area contributed by atoms with Crippen LogP contribution in [0.3, 0.4) is 0 Å². The Morgan fingerprint density at radius 2 is 1.65 bits per heavy atom. The van der Waals surface area contributed by atoms with Gasteiger partial charge in [-0.1, -0.05) is 6.07 Å². The summed E-state index contributed by atoms with van der Waals surface area (Å²) >= 11 is 3.23. The summed E-state index contributed by atoms with van der Waals surface area (Å²) in [7, 11) is -3.68. The Balaban J connectivity index is 2.43. The van der Waals surface area contributed by atoms with Gasteiger partial charge < -0.3 is 5.73 Å². The number of anilines is 2. The Kier molecular flexibility index (Phi) is 4.06. The highest BCUT2D eigenvalue weighted by molar-refractivity contribution is 9.10. The lowest BCUT2D eigenvalue weighted by atomic mass is 10.1. The van der Waals surface area contributed by atoms with Crippen molar-refractivity contribution in [2.45, 2.75) is 18.7 Å². The minimum atomic E-state index is -3.68. The molecular weight excluding hydrogens is 340 g/mol. The van der Waals surface area contributed by atoms with Crippen LogP contribution in [-0.4, -0.2) is 8.42 Å². The van der Waals surface area contributed by atoms with E-state index in [0.29, 0.717) is 15.8 Å². The predicted molar refractivity (Wildman–Crippen MR) is 85.3 cm³/mol. The normalized spacial score (nSPS) is 11.3. The number of hydrogen-bond acceptors (Lipinski definition) is 3. The van der Waals surface area contributed by atoms with Crippen LogP contribution < -0.4 is 10.5 Å². The summed E-state index contributed by atoms with van der Waals surface area (Å²) in [4.78, 5) is 0.122. The number of sulfonamides is 1. The molecule has 0 aliphatic heterocycles. The molecule has 2 aromatic rings. The van der Waals surface area contributed by atoms with E-state index < -0.39 is 10.0 Å². The summed E-state index contributed by atoms with van der Waals surface area (Å²) in [5.41, 5.74) is 8.58. The third-order valence-corrected chi connectivity index (χ3v) is 5.09. The van der Waals surface area contributed by atoms with E-state index in [0.717, 1.165) is 11.1 Å². The zero-order chi connectivity index (χ0) is 14.9. The lowest BCUT2D eigenvalue weighted by Gasteiger charge is -2.11. The number of nitrogens with one attached hydrogen (secondary N) is 1. The highest BCUT2D eigenvalue weighted by Gasteiger charge is 2.18. The molecule has 0 atom stereocenters. The van der Waals surface area contributed by atoms with Gasteiger partial charge in [0.05, 0.1) is 0 Å². The van der Waals surface area contributed by atoms with Crippen LogP contribution in [0.25, 0.3) is 0 Å². The first-order valence-electron chi connectivity index (χ1n) is 5.94. The fourth-order valence-electron chi connectivity index (χ4n) is 1.97. The SMILES string of the molecule is Cc1cc(C)cc(NS(=O)(=O)c2cc(N)ccc2Br)c1. The van der Waals surface area contributed by atoms with Crippen molar-refractivity contribution in [3.8, 4) is 0 Å². The molecule has 0 radical (unpaired) electrons. The van der Waals surface area contributed by atoms with Crippen LogP contribution in [0.2, 0.25) is 0 Å². The Labute approximate surface area is 127 Å². The smallest absolute Gasteiger partial charge is 0.263 e. The summed E-state index contributed by atoms with van der Waals surface area (Å²) in [6.07, 6.45) is 0. The molecule has 0 heterocycles. The monoisotopic (exact) mass is 354 g/mol. The molecule has 0 unspecified atom stereocenters. The van der Waals surface area contributed by atoms with Crippen molar-refractivity contribution in [1.82, 2.24) is 0 Å². The molecule has 0 bridgehead atoms. The first-order valence-corrected chi connectivity index (χ1v) is 8.22. The maximum Gasteiger partial charge on any atom is 0.263 e. The van der Waals surface area contributed by atoms with Crippen molar-refractivity contribution >= 4 is 37.3 Å². The van der Waals surface area contributed by atoms with Crippen LogP contribution >= 0.6 is 15.9 Å². The molecule has 0 amide bonds. The zero-order valence-electron chi connectivity index (χ0n) is 11.1. The van der Waals surface area contributed by atoms with Crippen molar-refractivity contribution in [3.05, 3.63) is 52.0 Å². The van der Waals surface area contributed by atoms with E-state index >= 15 is 0 Å². The van der Waals surface area contributed by atoms with Crippen LogP contribution in [0.15, 0.2) is 45.8 Å². The van der Waals surface area contributed by atoms with Crippen molar-refractivity contribution in [3.63, 3.8) is 0 Å². The van der Waals surface area contributed by atoms with Crippen molar-refractivity contribution in [2.24, 2.45) is 0 Å². The topological polar surface area (TPSA) is 72.2 Å². The first-order chi connectivity index (χ1) is 9.28. The fraction of sp³-hybridized carbons (Fsp3) is 0.143. The van der Waals surface area contributed by atoms with Gasteiger partial charge >= 0.3 is 0 Å². The second-order valence-corrected chi connectivity index (χ2v) is 7.18. The molecule has 6 heteroatoms. The summed E-state index contributed by atoms with van der Waals surface area (Å²) in [5, 5.41) is 0. The van der Waals surface area contributed by atoms with Gasteiger partial charge in [-0.2, -0.15) is 0 Å². The van der Waals surface area contributed by atoms with E-state index in [2.05, 4.69) is 20.7 Å². The molecule has 2 rings (SSSR count). The highest BCUT2D eigenvalue weighted by atomic mass is 79.9. The molecular formula is C14H15BrN2O2S. The van der Waals surface area contributed by atoms with Crippen molar-refractivity contribution in [1.29, 1.82) is 0 Å². The number of halogens is 1. The van der Waals surface area contributed by atoms with Gasteiger partial charge in [-0.05, 0) is 71.2 Å². The van der Waals surface area contributed by atoms with E-state index in [-0.39, 0.29) is 4.90 Å². The van der Waals surface area contributed by atoms with Gasteiger partial charge in [-0.25, -0.2) is 8.42 Å². The maximum atomic E-state index is 12.4. The van der Waals surface area contributed by atoms with E-state index in [9.17, 15) is 8.42 Å². The molecule has 0 aromatic heterocycles. The Morgan fingerprint density at radius 3 is 2.25 bits per heavy atom. The van der Waals surface area contributed by atoms with Crippen LogP contribution in [0.1, 0.15) is 11.1 Å². The quantitative estimate of drug-likeness (QED) is 0.829. The van der Waals surface area contributed by atoms with E-state index in [1.54, 1.807) is 24.3 Å². The minimum Gasteiger partial charge on any atom is -0.399 e. The zero-order valence-corrected chi connectivity index (χ0v) is 13.5. The number of hydrogen-bond donors (Lipinski definition) is 2. The maximum absolute atomic E-state index is 12.4. The largest absolute Gasteiger partial charge is 0.399 e. The molecule has 20 heavy (non-hydrogen) atoms. The molecule has 3 N–H and O–H groups in total. The molecule has 0 aliphatic rings. The number of rotatable bonds is 3. The number of benzene rings is 2. The number of aryl methyl sites for hydroxylation is 2. The second-order valence-electron chi connectivity index (χ2n) is 4.67. The molecule has 0 saturated heterocycles. The van der Waals surface area contributed by atoms with Gasteiger partial charge in [0.15, 0.2) is 0 Å². The molecule has 0 aliphatic carbocycles. The van der Waals surface area contributed by atoms with E-state index in [1.807, 2.05) is 19.9 Å². The molecule has 0 fully saturated rings. The van der Waals surface area contributed by atoms with Crippen LogP contribution in [0.4, 0.5) is 11.4 Å². The van der Waals surface area contributed by atoms with Gasteiger partial charge in [0.1, 0.15) is 4.90 Å². The van der Waals surface area contributed by atoms with E-state index in [4.69, 9.17) is 5.73 Å². The van der Waals surface area contributed by atoms with Crippen LogP contribution in [0.5, 0.6) is 0 Å². The number of nitrogen functional groups attached to an aromatic ring is 1. The standard InChI is InChI=1S/C14H15BrN2O2S/c1-9-5-10(2)7-12(6-9)17-20(18,19)14-8-11(16)3-4-13(14)15/h3-8,17H,16H2,1-2H3. The summed E-state index contributed by atoms with van der Waals surface area (Å²) < 4.78 is 27.8. The highest BCUT2D eigenvalue weighted by Crippen LogP contribution is 2.26. The average molecular weight is 355 g/mol. The molecule has 0 saturated carbocycles. The average Bonchev–Trinajstić information content (AvgIpc) is 2.30. The third kappa shape index (κ3) is 3.32. The van der Waals surface area contributed by atoms with Gasteiger partial charge in [0.2, 0.25) is 0 Å². The van der Waals surface area contributed by atoms with Crippen LogP contribution in [-0.2, 0) is 10.0 Å². The first kappa shape index (κ1) is 14.9. The lowest BCUT2D eigenvalue weighted by molar-refractivity contribution is 0.601. The fourth-order valence-corrected chi connectivity index (χ4v) is 4.01. The van der Waals surface area contributed by atoms with Gasteiger partial charge in [-0.15, -0.1) is 0 Å². The third-order valence-electron chi connectivity index (χ3n) is 2.72. The predicted octanol–water partition coefficient (Wildman–Crippen LogP) is 3.45. The molecule has 2 aromatic carbocycles. The van der Waals surface area contributed by atoms with Crippen molar-refractivity contribution in [2.75, 3.05) is 10.5 Å². The number of nitrogens with two attached hydrogens (primary N) is 1. The second kappa shape index (κ2) is 5.46. The Hall–Kier alpha value is -1.53. The summed E-state index contributed by atoms with van der Waals surface area (Å²) in [6, 6.07) is 10.2. The Morgan fingerprint density at radius 1 is 1.05 bits per heavy atom. The van der Waals surface area contributed by atoms with E-state index in [1.165, 1.54) is 6.07 Å². The van der Waals surface area contributed by atoms with Gasteiger partial charge in [0, 0.05) is 15.8 Å². The molecule has 0 spiro atoms. The molecule has 4 nitrogen and oxygen atoms in total.